The summed E-state index contributed by atoms with van der Waals surface area (Å²) >= 11 is 3.35. The van der Waals surface area contributed by atoms with Crippen LogP contribution in [0.1, 0.15) is 20.3 Å². The fraction of sp³-hybridized carbons (Fsp3) is 0.227. The Kier molecular flexibility index (Phi) is 6.49. The monoisotopic (exact) mass is 456 g/mol. The zero-order valence-corrected chi connectivity index (χ0v) is 17.7. The molecular weight excluding hydrogens is 436 g/mol. The van der Waals surface area contributed by atoms with Gasteiger partial charge in [-0.2, -0.15) is 0 Å². The Bertz CT molecular complexity index is 955. The van der Waals surface area contributed by atoms with Crippen LogP contribution in [0.25, 0.3) is 0 Å². The summed E-state index contributed by atoms with van der Waals surface area (Å²) < 4.78 is 6.08. The van der Waals surface area contributed by atoms with E-state index < -0.39 is 17.8 Å². The van der Waals surface area contributed by atoms with Gasteiger partial charge in [-0.3, -0.25) is 14.5 Å². The number of rotatable bonds is 5. The molecule has 0 bridgehead atoms. The average Bonchev–Trinajstić information content (AvgIpc) is 2.70. The number of carbonyl (C=O) groups is 3. The van der Waals surface area contributed by atoms with Crippen molar-refractivity contribution in [2.45, 2.75) is 20.3 Å². The minimum Gasteiger partial charge on any atom is -0.463 e. The van der Waals surface area contributed by atoms with Crippen molar-refractivity contribution in [3.8, 4) is 0 Å². The topological polar surface area (TPSA) is 75.7 Å². The van der Waals surface area contributed by atoms with Gasteiger partial charge in [-0.25, -0.2) is 4.79 Å². The fourth-order valence-corrected chi connectivity index (χ4v) is 3.59. The van der Waals surface area contributed by atoms with Gasteiger partial charge in [-0.15, -0.1) is 0 Å². The molecule has 7 heteroatoms. The fourth-order valence-electron chi connectivity index (χ4n) is 3.33. The van der Waals surface area contributed by atoms with Crippen LogP contribution < -0.4 is 10.2 Å². The predicted octanol–water partition coefficient (Wildman–Crippen LogP) is 4.28. The molecule has 150 valence electrons. The highest BCUT2D eigenvalue weighted by atomic mass is 79.9. The summed E-state index contributed by atoms with van der Waals surface area (Å²) in [5.74, 6) is -2.19. The van der Waals surface area contributed by atoms with E-state index in [1.165, 1.54) is 4.90 Å². The van der Waals surface area contributed by atoms with Crippen LogP contribution >= 0.6 is 15.9 Å². The maximum absolute atomic E-state index is 13.0. The molecule has 0 aromatic heterocycles. The highest BCUT2D eigenvalue weighted by molar-refractivity contribution is 9.10. The highest BCUT2D eigenvalue weighted by Crippen LogP contribution is 2.34. The standard InChI is InChI=1S/C22H21BrN2O4/c1-3-29-22(28)20-14(2)25(17-7-5-4-6-8-17)19(26)13-18(20)21(27)24-16-11-9-15(23)10-12-16/h4-12,18H,3,13H2,1-2H3,(H,24,27). The molecule has 0 fully saturated rings. The maximum Gasteiger partial charge on any atom is 0.336 e. The molecule has 0 saturated carbocycles. The first-order chi connectivity index (χ1) is 13.9. The number of benzene rings is 2. The SMILES string of the molecule is CCOC(=O)C1=C(C)N(c2ccccc2)C(=O)CC1C(=O)Nc1ccc(Br)cc1. The molecule has 0 aliphatic carbocycles. The Balaban J connectivity index is 1.98. The Labute approximate surface area is 177 Å². The Morgan fingerprint density at radius 1 is 1.14 bits per heavy atom. The number of carbonyl (C=O) groups excluding carboxylic acids is 3. The van der Waals surface area contributed by atoms with E-state index in [9.17, 15) is 14.4 Å². The zero-order valence-electron chi connectivity index (χ0n) is 16.1. The number of anilines is 2. The van der Waals surface area contributed by atoms with E-state index >= 15 is 0 Å². The number of amides is 2. The number of ether oxygens (including phenoxy) is 1. The molecule has 2 aromatic carbocycles. The molecular formula is C22H21BrN2O4. The minimum absolute atomic E-state index is 0.122. The van der Waals surface area contributed by atoms with Gasteiger partial charge < -0.3 is 10.1 Å². The molecule has 1 unspecified atom stereocenters. The summed E-state index contributed by atoms with van der Waals surface area (Å²) in [6.07, 6.45) is -0.122. The third-order valence-electron chi connectivity index (χ3n) is 4.64. The predicted molar refractivity (Wildman–Crippen MR) is 114 cm³/mol. The van der Waals surface area contributed by atoms with Crippen molar-refractivity contribution in [1.82, 2.24) is 0 Å². The van der Waals surface area contributed by atoms with Gasteiger partial charge >= 0.3 is 5.97 Å². The number of nitrogens with zero attached hydrogens (tertiary/aromatic N) is 1. The lowest BCUT2D eigenvalue weighted by atomic mass is 9.88. The summed E-state index contributed by atoms with van der Waals surface area (Å²) in [5.41, 5.74) is 1.83. The van der Waals surface area contributed by atoms with Crippen molar-refractivity contribution in [3.63, 3.8) is 0 Å². The zero-order chi connectivity index (χ0) is 21.0. The van der Waals surface area contributed by atoms with Crippen LogP contribution in [0, 0.1) is 5.92 Å². The first-order valence-corrected chi connectivity index (χ1v) is 10.0. The minimum atomic E-state index is -0.926. The molecule has 1 N–H and O–H groups in total. The lowest BCUT2D eigenvalue weighted by Gasteiger charge is -2.33. The van der Waals surface area contributed by atoms with E-state index in [2.05, 4.69) is 21.2 Å². The summed E-state index contributed by atoms with van der Waals surface area (Å²) in [4.78, 5) is 40.0. The third kappa shape index (κ3) is 4.56. The van der Waals surface area contributed by atoms with Gasteiger partial charge in [-0.1, -0.05) is 34.1 Å². The first-order valence-electron chi connectivity index (χ1n) is 9.24. The lowest BCUT2D eigenvalue weighted by Crippen LogP contribution is -2.43. The second kappa shape index (κ2) is 9.05. The van der Waals surface area contributed by atoms with Gasteiger partial charge in [0.05, 0.1) is 18.1 Å². The van der Waals surface area contributed by atoms with E-state index in [1.54, 1.807) is 50.2 Å². The van der Waals surface area contributed by atoms with Crippen molar-refractivity contribution in [1.29, 1.82) is 0 Å². The molecule has 1 aliphatic rings. The van der Waals surface area contributed by atoms with Crippen LogP contribution in [0.5, 0.6) is 0 Å². The van der Waals surface area contributed by atoms with Crippen LogP contribution in [0.3, 0.4) is 0 Å². The number of hydrogen-bond acceptors (Lipinski definition) is 4. The van der Waals surface area contributed by atoms with Crippen molar-refractivity contribution in [3.05, 3.63) is 70.3 Å². The van der Waals surface area contributed by atoms with Crippen LogP contribution in [0.15, 0.2) is 70.3 Å². The molecule has 2 aromatic rings. The van der Waals surface area contributed by atoms with Crippen LogP contribution in [-0.2, 0) is 19.1 Å². The van der Waals surface area contributed by atoms with Crippen LogP contribution in [0.4, 0.5) is 11.4 Å². The molecule has 1 aliphatic heterocycles. The molecule has 3 rings (SSSR count). The molecule has 1 heterocycles. The number of hydrogen-bond donors (Lipinski definition) is 1. The molecule has 1 atom stereocenters. The number of esters is 1. The normalized spacial score (nSPS) is 16.6. The van der Waals surface area contributed by atoms with Gasteiger partial charge in [0, 0.05) is 28.0 Å². The van der Waals surface area contributed by atoms with Gasteiger partial charge in [0.15, 0.2) is 0 Å². The van der Waals surface area contributed by atoms with Gasteiger partial charge in [-0.05, 0) is 50.2 Å². The summed E-state index contributed by atoms with van der Waals surface area (Å²) in [5, 5.41) is 2.79. The van der Waals surface area contributed by atoms with Gasteiger partial charge in [0.25, 0.3) is 0 Å². The number of nitrogens with one attached hydrogen (secondary N) is 1. The largest absolute Gasteiger partial charge is 0.463 e. The second-order valence-electron chi connectivity index (χ2n) is 6.54. The van der Waals surface area contributed by atoms with E-state index in [0.29, 0.717) is 17.1 Å². The highest BCUT2D eigenvalue weighted by Gasteiger charge is 2.40. The summed E-state index contributed by atoms with van der Waals surface area (Å²) in [6.45, 7) is 3.54. The molecule has 29 heavy (non-hydrogen) atoms. The molecule has 0 saturated heterocycles. The number of para-hydroxylation sites is 1. The molecule has 0 radical (unpaired) electrons. The maximum atomic E-state index is 13.0. The Hall–Kier alpha value is -2.93. The smallest absolute Gasteiger partial charge is 0.336 e. The second-order valence-corrected chi connectivity index (χ2v) is 7.45. The van der Waals surface area contributed by atoms with E-state index in [1.807, 2.05) is 18.2 Å². The Morgan fingerprint density at radius 3 is 2.41 bits per heavy atom. The third-order valence-corrected chi connectivity index (χ3v) is 5.17. The van der Waals surface area contributed by atoms with Crippen molar-refractivity contribution in [2.75, 3.05) is 16.8 Å². The number of allylic oxidation sites excluding steroid dienone is 1. The van der Waals surface area contributed by atoms with Gasteiger partial charge in [0.1, 0.15) is 0 Å². The Morgan fingerprint density at radius 2 is 1.79 bits per heavy atom. The average molecular weight is 457 g/mol. The van der Waals surface area contributed by atoms with Crippen molar-refractivity contribution < 1.29 is 19.1 Å². The van der Waals surface area contributed by atoms with Crippen LogP contribution in [-0.4, -0.2) is 24.4 Å². The van der Waals surface area contributed by atoms with Crippen LogP contribution in [0.2, 0.25) is 0 Å². The first kappa shape index (κ1) is 20.8. The molecule has 0 spiro atoms. The van der Waals surface area contributed by atoms with E-state index in [0.717, 1.165) is 4.47 Å². The molecule has 2 amide bonds. The van der Waals surface area contributed by atoms with E-state index in [4.69, 9.17) is 4.74 Å². The van der Waals surface area contributed by atoms with Crippen molar-refractivity contribution in [2.24, 2.45) is 5.92 Å². The number of halogens is 1. The lowest BCUT2D eigenvalue weighted by molar-refractivity contribution is -0.141. The van der Waals surface area contributed by atoms with Gasteiger partial charge in [0.2, 0.25) is 11.8 Å². The van der Waals surface area contributed by atoms with Crippen molar-refractivity contribution >= 4 is 45.1 Å². The quantitative estimate of drug-likeness (QED) is 0.681. The van der Waals surface area contributed by atoms with E-state index in [-0.39, 0.29) is 24.5 Å². The summed E-state index contributed by atoms with van der Waals surface area (Å²) in [6, 6.07) is 16.1. The molecule has 6 nitrogen and oxygen atoms in total. The summed E-state index contributed by atoms with van der Waals surface area (Å²) in [7, 11) is 0.